The summed E-state index contributed by atoms with van der Waals surface area (Å²) in [7, 11) is 4.08. The lowest BCUT2D eigenvalue weighted by Gasteiger charge is -2.25. The van der Waals surface area contributed by atoms with Gasteiger partial charge in [0.15, 0.2) is 5.96 Å². The van der Waals surface area contributed by atoms with Crippen LogP contribution >= 0.6 is 0 Å². The lowest BCUT2D eigenvalue weighted by Crippen LogP contribution is -2.45. The third kappa shape index (κ3) is 5.70. The van der Waals surface area contributed by atoms with Crippen LogP contribution in [-0.2, 0) is 0 Å². The first-order chi connectivity index (χ1) is 10.2. The zero-order chi connectivity index (χ0) is 15.1. The minimum atomic E-state index is 0.553. The summed E-state index contributed by atoms with van der Waals surface area (Å²) < 4.78 is 0. The number of aliphatic imine (C=N–C) groups is 1. The molecule has 0 heterocycles. The Balaban J connectivity index is 1.62. The molecule has 2 rings (SSSR count). The Morgan fingerprint density at radius 2 is 2.19 bits per heavy atom. The van der Waals surface area contributed by atoms with Gasteiger partial charge < -0.3 is 10.6 Å². The molecule has 0 aromatic heterocycles. The van der Waals surface area contributed by atoms with Gasteiger partial charge in [-0.3, -0.25) is 9.89 Å². The van der Waals surface area contributed by atoms with Crippen molar-refractivity contribution in [2.45, 2.75) is 64.0 Å². The number of hydrogen-bond acceptors (Lipinski definition) is 2. The van der Waals surface area contributed by atoms with Crippen molar-refractivity contribution in [2.24, 2.45) is 4.99 Å². The number of likely N-dealkylation sites (N-methyl/N-ethyl adjacent to an activating group) is 1. The van der Waals surface area contributed by atoms with E-state index < -0.39 is 0 Å². The van der Waals surface area contributed by atoms with Crippen LogP contribution < -0.4 is 10.6 Å². The molecule has 2 N–H and O–H groups in total. The summed E-state index contributed by atoms with van der Waals surface area (Å²) in [5, 5.41) is 6.88. The molecule has 1 atom stereocenters. The molecule has 120 valence electrons. The van der Waals surface area contributed by atoms with E-state index in [-0.39, 0.29) is 0 Å². The van der Waals surface area contributed by atoms with Crippen molar-refractivity contribution in [3.63, 3.8) is 0 Å². The highest BCUT2D eigenvalue weighted by molar-refractivity contribution is 5.79. The summed E-state index contributed by atoms with van der Waals surface area (Å²) in [6.07, 6.45) is 11.6. The molecule has 0 saturated heterocycles. The van der Waals surface area contributed by atoms with E-state index >= 15 is 0 Å². The van der Waals surface area contributed by atoms with E-state index in [0.29, 0.717) is 6.04 Å². The number of nitrogens with zero attached hydrogens (tertiary/aromatic N) is 2. The maximum atomic E-state index is 4.32. The van der Waals surface area contributed by atoms with Crippen molar-refractivity contribution in [3.8, 4) is 0 Å². The number of hydrogen-bond donors (Lipinski definition) is 2. The van der Waals surface area contributed by atoms with Crippen LogP contribution in [0.3, 0.4) is 0 Å². The van der Waals surface area contributed by atoms with Crippen molar-refractivity contribution in [1.82, 2.24) is 15.5 Å². The number of guanidine groups is 1. The van der Waals surface area contributed by atoms with E-state index in [9.17, 15) is 0 Å². The van der Waals surface area contributed by atoms with Gasteiger partial charge in [-0.05, 0) is 58.9 Å². The molecule has 1 unspecified atom stereocenters. The lowest BCUT2D eigenvalue weighted by atomic mass is 9.97. The van der Waals surface area contributed by atoms with Gasteiger partial charge >= 0.3 is 0 Å². The van der Waals surface area contributed by atoms with Crippen LogP contribution in [-0.4, -0.2) is 50.1 Å². The molecule has 0 bridgehead atoms. The van der Waals surface area contributed by atoms with Crippen LogP contribution in [0, 0.1) is 0 Å². The van der Waals surface area contributed by atoms with Gasteiger partial charge in [0.1, 0.15) is 0 Å². The summed E-state index contributed by atoms with van der Waals surface area (Å²) in [4.78, 5) is 6.80. The molecule has 0 radical (unpaired) electrons. The molecule has 1 saturated carbocycles. The first kappa shape index (κ1) is 16.3. The second-order valence-corrected chi connectivity index (χ2v) is 6.48. The maximum absolute atomic E-state index is 4.32. The molecular formula is C17H32N4. The minimum Gasteiger partial charge on any atom is -0.356 e. The number of allylic oxidation sites excluding steroid dienone is 1. The maximum Gasteiger partial charge on any atom is 0.191 e. The monoisotopic (exact) mass is 292 g/mol. The molecule has 0 aliphatic heterocycles. The highest BCUT2D eigenvalue weighted by atomic mass is 15.2. The zero-order valence-corrected chi connectivity index (χ0v) is 14.0. The van der Waals surface area contributed by atoms with Crippen molar-refractivity contribution in [2.75, 3.05) is 27.2 Å². The highest BCUT2D eigenvalue weighted by Gasteiger charge is 2.28. The average molecular weight is 292 g/mol. The third-order valence-electron chi connectivity index (χ3n) is 4.73. The SMILES string of the molecule is CN=C(NCCC1=CCCCC1)NCC(C)N(C)C1CC1. The van der Waals surface area contributed by atoms with Gasteiger partial charge in [0.2, 0.25) is 0 Å². The molecule has 4 nitrogen and oxygen atoms in total. The summed E-state index contributed by atoms with van der Waals surface area (Å²) in [5.41, 5.74) is 1.62. The lowest BCUT2D eigenvalue weighted by molar-refractivity contribution is 0.247. The van der Waals surface area contributed by atoms with Crippen molar-refractivity contribution in [1.29, 1.82) is 0 Å². The van der Waals surface area contributed by atoms with Crippen LogP contribution in [0.25, 0.3) is 0 Å². The van der Waals surface area contributed by atoms with E-state index in [1.165, 1.54) is 38.5 Å². The zero-order valence-electron chi connectivity index (χ0n) is 14.0. The van der Waals surface area contributed by atoms with Crippen LogP contribution in [0.2, 0.25) is 0 Å². The molecule has 21 heavy (non-hydrogen) atoms. The molecule has 0 aromatic rings. The highest BCUT2D eigenvalue weighted by Crippen LogP contribution is 2.26. The second kappa shape index (κ2) is 8.42. The Kier molecular flexibility index (Phi) is 6.55. The molecule has 2 aliphatic rings. The van der Waals surface area contributed by atoms with Crippen LogP contribution in [0.15, 0.2) is 16.6 Å². The number of nitrogens with one attached hydrogen (secondary N) is 2. The fourth-order valence-corrected chi connectivity index (χ4v) is 2.92. The van der Waals surface area contributed by atoms with Crippen molar-refractivity contribution < 1.29 is 0 Å². The van der Waals surface area contributed by atoms with Crippen LogP contribution in [0.4, 0.5) is 0 Å². The van der Waals surface area contributed by atoms with E-state index in [1.54, 1.807) is 5.57 Å². The average Bonchev–Trinajstić information content (AvgIpc) is 3.35. The molecule has 2 aliphatic carbocycles. The van der Waals surface area contributed by atoms with Gasteiger partial charge in [0.05, 0.1) is 0 Å². The van der Waals surface area contributed by atoms with Gasteiger partial charge in [-0.15, -0.1) is 0 Å². The van der Waals surface area contributed by atoms with Gasteiger partial charge in [-0.25, -0.2) is 0 Å². The summed E-state index contributed by atoms with van der Waals surface area (Å²) in [5.74, 6) is 0.933. The fourth-order valence-electron chi connectivity index (χ4n) is 2.92. The van der Waals surface area contributed by atoms with E-state index in [2.05, 4.69) is 40.6 Å². The normalized spacial score (nSPS) is 21.1. The molecule has 4 heteroatoms. The predicted molar refractivity (Wildman–Crippen MR) is 90.8 cm³/mol. The molecule has 0 aromatic carbocycles. The largest absolute Gasteiger partial charge is 0.356 e. The first-order valence-corrected chi connectivity index (χ1v) is 8.55. The Hall–Kier alpha value is -1.03. The van der Waals surface area contributed by atoms with Crippen LogP contribution in [0.5, 0.6) is 0 Å². The van der Waals surface area contributed by atoms with Gasteiger partial charge in [-0.1, -0.05) is 11.6 Å². The first-order valence-electron chi connectivity index (χ1n) is 8.55. The van der Waals surface area contributed by atoms with Gasteiger partial charge in [0, 0.05) is 32.2 Å². The predicted octanol–water partition coefficient (Wildman–Crippen LogP) is 2.52. The topological polar surface area (TPSA) is 39.7 Å². The Morgan fingerprint density at radius 1 is 1.38 bits per heavy atom. The second-order valence-electron chi connectivity index (χ2n) is 6.48. The quantitative estimate of drug-likeness (QED) is 0.430. The van der Waals surface area contributed by atoms with E-state index in [1.807, 2.05) is 7.05 Å². The van der Waals surface area contributed by atoms with E-state index in [4.69, 9.17) is 0 Å². The van der Waals surface area contributed by atoms with Gasteiger partial charge in [0.25, 0.3) is 0 Å². The van der Waals surface area contributed by atoms with Gasteiger partial charge in [-0.2, -0.15) is 0 Å². The fraction of sp³-hybridized carbons (Fsp3) is 0.824. The van der Waals surface area contributed by atoms with Crippen LogP contribution in [0.1, 0.15) is 51.9 Å². The Morgan fingerprint density at radius 3 is 2.81 bits per heavy atom. The molecule has 0 amide bonds. The van der Waals surface area contributed by atoms with Crippen molar-refractivity contribution >= 4 is 5.96 Å². The molecule has 0 spiro atoms. The summed E-state index contributed by atoms with van der Waals surface area (Å²) in [6, 6.07) is 1.37. The molecular weight excluding hydrogens is 260 g/mol. The standard InChI is InChI=1S/C17H32N4/c1-14(21(3)16-9-10-16)13-20-17(18-2)19-12-11-15-7-5-4-6-8-15/h7,14,16H,4-6,8-13H2,1-3H3,(H2,18,19,20). The molecule has 1 fully saturated rings. The van der Waals surface area contributed by atoms with E-state index in [0.717, 1.165) is 31.5 Å². The van der Waals surface area contributed by atoms with Crippen molar-refractivity contribution in [3.05, 3.63) is 11.6 Å². The minimum absolute atomic E-state index is 0.553. The Bertz CT molecular complexity index is 371. The summed E-state index contributed by atoms with van der Waals surface area (Å²) >= 11 is 0. The number of rotatable bonds is 7. The third-order valence-corrected chi connectivity index (χ3v) is 4.73. The smallest absolute Gasteiger partial charge is 0.191 e. The summed E-state index contributed by atoms with van der Waals surface area (Å²) in [6.45, 7) is 4.22. The Labute approximate surface area is 130 Å².